The second-order valence-electron chi connectivity index (χ2n) is 4.41. The van der Waals surface area contributed by atoms with E-state index in [1.165, 1.54) is 5.01 Å². The lowest BCUT2D eigenvalue weighted by Crippen LogP contribution is -2.12. The number of nitroso groups, excluding NO2 is 1. The number of aliphatic hydroxyl groups excluding tert-OH is 1. The molecule has 4 nitrogen and oxygen atoms in total. The number of hydrogen-bond donors (Lipinski definition) is 1. The van der Waals surface area contributed by atoms with E-state index in [1.807, 2.05) is 54.6 Å². The van der Waals surface area contributed by atoms with E-state index in [1.54, 1.807) is 7.05 Å². The maximum atomic E-state index is 10.5. The Hall–Kier alpha value is -2.20. The fourth-order valence-corrected chi connectivity index (χ4v) is 2.04. The van der Waals surface area contributed by atoms with Crippen LogP contribution in [0, 0.1) is 4.91 Å². The molecule has 1 N–H and O–H groups in total. The van der Waals surface area contributed by atoms with E-state index < -0.39 is 6.10 Å². The summed E-state index contributed by atoms with van der Waals surface area (Å²) >= 11 is 0. The van der Waals surface area contributed by atoms with Crippen LogP contribution in [-0.4, -0.2) is 17.2 Å². The Labute approximate surface area is 112 Å². The molecule has 0 spiro atoms. The van der Waals surface area contributed by atoms with Gasteiger partial charge in [-0.15, -0.1) is 4.91 Å². The van der Waals surface area contributed by atoms with Gasteiger partial charge >= 0.3 is 0 Å². The minimum Gasteiger partial charge on any atom is -0.384 e. The molecule has 0 aromatic heterocycles. The van der Waals surface area contributed by atoms with Crippen molar-refractivity contribution in [2.75, 3.05) is 7.05 Å². The lowest BCUT2D eigenvalue weighted by molar-refractivity contribution is 0.217. The Morgan fingerprint density at radius 3 is 2.42 bits per heavy atom. The summed E-state index contributed by atoms with van der Waals surface area (Å²) in [4.78, 5) is 10.5. The van der Waals surface area contributed by atoms with Crippen LogP contribution in [0.2, 0.25) is 0 Å². The van der Waals surface area contributed by atoms with Gasteiger partial charge in [-0.2, -0.15) is 0 Å². The van der Waals surface area contributed by atoms with Crippen LogP contribution in [0.25, 0.3) is 0 Å². The highest BCUT2D eigenvalue weighted by Gasteiger charge is 2.14. The summed E-state index contributed by atoms with van der Waals surface area (Å²) in [5.41, 5.74) is 2.52. The van der Waals surface area contributed by atoms with Crippen molar-refractivity contribution >= 4 is 0 Å². The molecule has 0 aliphatic carbocycles. The van der Waals surface area contributed by atoms with Gasteiger partial charge in [-0.3, -0.25) is 5.01 Å². The van der Waals surface area contributed by atoms with E-state index in [9.17, 15) is 10.0 Å². The van der Waals surface area contributed by atoms with E-state index in [4.69, 9.17) is 0 Å². The molecule has 0 aliphatic heterocycles. The highest BCUT2D eigenvalue weighted by atomic mass is 16.3. The molecule has 1 atom stereocenters. The number of rotatable bonds is 5. The first-order valence-corrected chi connectivity index (χ1v) is 6.07. The Balaban J connectivity index is 2.31. The second-order valence-corrected chi connectivity index (χ2v) is 4.41. The van der Waals surface area contributed by atoms with Gasteiger partial charge in [-0.05, 0) is 16.7 Å². The van der Waals surface area contributed by atoms with Crippen LogP contribution in [-0.2, 0) is 6.54 Å². The van der Waals surface area contributed by atoms with Crippen LogP contribution in [0.4, 0.5) is 0 Å². The summed E-state index contributed by atoms with van der Waals surface area (Å²) in [6, 6.07) is 17.0. The van der Waals surface area contributed by atoms with Crippen molar-refractivity contribution in [2.24, 2.45) is 5.29 Å². The molecule has 98 valence electrons. The molecule has 19 heavy (non-hydrogen) atoms. The molecule has 0 bridgehead atoms. The maximum Gasteiger partial charge on any atom is 0.104 e. The molecule has 2 rings (SSSR count). The predicted molar refractivity (Wildman–Crippen MR) is 74.2 cm³/mol. The van der Waals surface area contributed by atoms with E-state index in [-0.39, 0.29) is 0 Å². The van der Waals surface area contributed by atoms with Crippen molar-refractivity contribution in [2.45, 2.75) is 12.6 Å². The largest absolute Gasteiger partial charge is 0.384 e. The molecule has 0 amide bonds. The second kappa shape index (κ2) is 6.11. The molecule has 1 unspecified atom stereocenters. The number of aliphatic hydroxyl groups is 1. The van der Waals surface area contributed by atoms with Gasteiger partial charge in [0.1, 0.15) is 6.10 Å². The Bertz CT molecular complexity index is 543. The van der Waals surface area contributed by atoms with Gasteiger partial charge in [0.15, 0.2) is 0 Å². The van der Waals surface area contributed by atoms with Gasteiger partial charge < -0.3 is 5.11 Å². The van der Waals surface area contributed by atoms with Crippen LogP contribution in [0.15, 0.2) is 59.9 Å². The summed E-state index contributed by atoms with van der Waals surface area (Å²) in [6.07, 6.45) is -0.697. The normalized spacial score (nSPS) is 11.9. The molecule has 0 saturated heterocycles. The van der Waals surface area contributed by atoms with Crippen LogP contribution < -0.4 is 0 Å². The van der Waals surface area contributed by atoms with Crippen molar-refractivity contribution in [3.63, 3.8) is 0 Å². The fourth-order valence-electron chi connectivity index (χ4n) is 2.04. The lowest BCUT2D eigenvalue weighted by atomic mass is 9.97. The van der Waals surface area contributed by atoms with Crippen LogP contribution in [0.5, 0.6) is 0 Å². The van der Waals surface area contributed by atoms with E-state index in [2.05, 4.69) is 5.29 Å². The molecular formula is C15H16N2O2. The molecule has 2 aromatic rings. The minimum absolute atomic E-state index is 0.379. The van der Waals surface area contributed by atoms with E-state index in [0.29, 0.717) is 6.54 Å². The summed E-state index contributed by atoms with van der Waals surface area (Å²) in [6.45, 7) is 0.379. The van der Waals surface area contributed by atoms with Crippen molar-refractivity contribution in [1.29, 1.82) is 0 Å². The van der Waals surface area contributed by atoms with Crippen molar-refractivity contribution in [1.82, 2.24) is 5.01 Å². The zero-order chi connectivity index (χ0) is 13.7. The van der Waals surface area contributed by atoms with E-state index >= 15 is 0 Å². The van der Waals surface area contributed by atoms with Crippen molar-refractivity contribution in [3.8, 4) is 0 Å². The number of benzene rings is 2. The van der Waals surface area contributed by atoms with Gasteiger partial charge in [0, 0.05) is 7.05 Å². The van der Waals surface area contributed by atoms with Gasteiger partial charge in [-0.25, -0.2) is 0 Å². The maximum absolute atomic E-state index is 10.5. The van der Waals surface area contributed by atoms with Crippen LogP contribution >= 0.6 is 0 Å². The summed E-state index contributed by atoms with van der Waals surface area (Å²) in [7, 11) is 1.61. The molecule has 4 heteroatoms. The third-order valence-electron chi connectivity index (χ3n) is 3.00. The first-order chi connectivity index (χ1) is 9.22. The molecular weight excluding hydrogens is 240 g/mol. The molecule has 0 fully saturated rings. The number of nitrogens with zero attached hydrogens (tertiary/aromatic N) is 2. The highest BCUT2D eigenvalue weighted by molar-refractivity contribution is 5.35. The Morgan fingerprint density at radius 2 is 1.74 bits per heavy atom. The average molecular weight is 256 g/mol. The average Bonchev–Trinajstić information content (AvgIpc) is 2.48. The molecule has 0 saturated carbocycles. The molecule has 0 heterocycles. The summed E-state index contributed by atoms with van der Waals surface area (Å²) in [5.74, 6) is 0. The van der Waals surface area contributed by atoms with Crippen LogP contribution in [0.3, 0.4) is 0 Å². The smallest absolute Gasteiger partial charge is 0.104 e. The quantitative estimate of drug-likeness (QED) is 0.661. The monoisotopic (exact) mass is 256 g/mol. The Kier molecular flexibility index (Phi) is 4.26. The van der Waals surface area contributed by atoms with Gasteiger partial charge in [0.2, 0.25) is 0 Å². The van der Waals surface area contributed by atoms with Gasteiger partial charge in [0.25, 0.3) is 0 Å². The van der Waals surface area contributed by atoms with Crippen molar-refractivity contribution < 1.29 is 5.11 Å². The zero-order valence-corrected chi connectivity index (χ0v) is 10.7. The van der Waals surface area contributed by atoms with Gasteiger partial charge in [0.05, 0.1) is 11.8 Å². The highest BCUT2D eigenvalue weighted by Crippen LogP contribution is 2.25. The van der Waals surface area contributed by atoms with Crippen LogP contribution in [0.1, 0.15) is 22.8 Å². The van der Waals surface area contributed by atoms with Gasteiger partial charge in [-0.1, -0.05) is 54.6 Å². The number of hydrogen-bond acceptors (Lipinski definition) is 3. The SMILES string of the molecule is CN(Cc1ccccc1C(O)c1ccccc1)N=O. The van der Waals surface area contributed by atoms with E-state index in [0.717, 1.165) is 16.7 Å². The molecule has 0 aliphatic rings. The Morgan fingerprint density at radius 1 is 1.11 bits per heavy atom. The lowest BCUT2D eigenvalue weighted by Gasteiger charge is -2.17. The standard InChI is InChI=1S/C15H16N2O2/c1-17(16-19)11-13-9-5-6-10-14(13)15(18)12-7-3-2-4-8-12/h2-10,15,18H,11H2,1H3. The topological polar surface area (TPSA) is 52.9 Å². The van der Waals surface area contributed by atoms with Crippen molar-refractivity contribution in [3.05, 3.63) is 76.2 Å². The minimum atomic E-state index is -0.697. The third kappa shape index (κ3) is 3.17. The zero-order valence-electron chi connectivity index (χ0n) is 10.7. The summed E-state index contributed by atoms with van der Waals surface area (Å²) in [5, 5.41) is 14.6. The summed E-state index contributed by atoms with van der Waals surface area (Å²) < 4.78 is 0. The fraction of sp³-hybridized carbons (Fsp3) is 0.200. The predicted octanol–water partition coefficient (Wildman–Crippen LogP) is 2.88. The molecule has 0 radical (unpaired) electrons. The molecule has 2 aromatic carbocycles. The third-order valence-corrected chi connectivity index (χ3v) is 3.00. The first-order valence-electron chi connectivity index (χ1n) is 6.07. The first kappa shape index (κ1) is 13.2.